The average molecular weight is 385 g/mol. The van der Waals surface area contributed by atoms with Crippen LogP contribution in [0.2, 0.25) is 5.02 Å². The highest BCUT2D eigenvalue weighted by molar-refractivity contribution is 6.33. The second-order valence-electron chi connectivity index (χ2n) is 5.61. The van der Waals surface area contributed by atoms with E-state index in [0.29, 0.717) is 5.69 Å². The van der Waals surface area contributed by atoms with Gasteiger partial charge in [-0.05, 0) is 29.0 Å². The molecule has 136 valence electrons. The second kappa shape index (κ2) is 7.84. The van der Waals surface area contributed by atoms with Gasteiger partial charge >= 0.3 is 5.97 Å². The van der Waals surface area contributed by atoms with Crippen LogP contribution in [0.4, 0.5) is 11.4 Å². The van der Waals surface area contributed by atoms with Crippen LogP contribution in [0.3, 0.4) is 0 Å². The summed E-state index contributed by atoms with van der Waals surface area (Å²) in [5, 5.41) is 15.4. The molecule has 7 nitrogen and oxygen atoms in total. The normalized spacial score (nSPS) is 10.4. The lowest BCUT2D eigenvalue weighted by molar-refractivity contribution is -0.384. The highest BCUT2D eigenvalue weighted by Crippen LogP contribution is 2.23. The largest absolute Gasteiger partial charge is 0.452 e. The Labute approximate surface area is 158 Å². The maximum absolute atomic E-state index is 12.1. The number of hydrogen-bond acceptors (Lipinski definition) is 5. The van der Waals surface area contributed by atoms with Crippen molar-refractivity contribution in [1.29, 1.82) is 0 Å². The third-order valence-corrected chi connectivity index (χ3v) is 4.08. The highest BCUT2D eigenvalue weighted by atomic mass is 35.5. The van der Waals surface area contributed by atoms with E-state index < -0.39 is 23.4 Å². The number of anilines is 1. The number of benzene rings is 3. The van der Waals surface area contributed by atoms with E-state index in [9.17, 15) is 19.7 Å². The number of hydrogen-bond donors (Lipinski definition) is 1. The van der Waals surface area contributed by atoms with Gasteiger partial charge in [-0.25, -0.2) is 4.79 Å². The summed E-state index contributed by atoms with van der Waals surface area (Å²) >= 11 is 5.87. The fourth-order valence-electron chi connectivity index (χ4n) is 2.46. The Morgan fingerprint density at radius 2 is 1.78 bits per heavy atom. The average Bonchev–Trinajstić information content (AvgIpc) is 2.66. The van der Waals surface area contributed by atoms with E-state index in [-0.39, 0.29) is 16.3 Å². The molecule has 3 aromatic carbocycles. The molecule has 0 unspecified atom stereocenters. The van der Waals surface area contributed by atoms with E-state index >= 15 is 0 Å². The smallest absolute Gasteiger partial charge is 0.340 e. The lowest BCUT2D eigenvalue weighted by Gasteiger charge is -2.08. The van der Waals surface area contributed by atoms with Crippen molar-refractivity contribution in [1.82, 2.24) is 0 Å². The number of amides is 1. The minimum atomic E-state index is -0.919. The molecule has 0 atom stereocenters. The van der Waals surface area contributed by atoms with Gasteiger partial charge in [-0.1, -0.05) is 41.9 Å². The number of nitrogens with zero attached hydrogens (tertiary/aromatic N) is 1. The first-order valence-electron chi connectivity index (χ1n) is 7.84. The monoisotopic (exact) mass is 384 g/mol. The minimum absolute atomic E-state index is 0.000498. The Hall–Kier alpha value is -3.45. The van der Waals surface area contributed by atoms with Gasteiger partial charge in [-0.15, -0.1) is 0 Å². The summed E-state index contributed by atoms with van der Waals surface area (Å²) in [7, 11) is 0. The molecule has 0 aliphatic carbocycles. The van der Waals surface area contributed by atoms with Crippen LogP contribution < -0.4 is 5.32 Å². The molecule has 0 spiro atoms. The number of non-ortho nitro benzene ring substituents is 1. The molecule has 0 saturated heterocycles. The molecule has 0 aromatic heterocycles. The highest BCUT2D eigenvalue weighted by Gasteiger charge is 2.18. The van der Waals surface area contributed by atoms with Gasteiger partial charge in [0.2, 0.25) is 0 Å². The maximum atomic E-state index is 12.1. The molecule has 1 N–H and O–H groups in total. The number of halogens is 1. The summed E-state index contributed by atoms with van der Waals surface area (Å²) in [6.45, 7) is -0.551. The molecule has 0 fully saturated rings. The second-order valence-corrected chi connectivity index (χ2v) is 6.01. The van der Waals surface area contributed by atoms with E-state index in [1.165, 1.54) is 12.1 Å². The van der Waals surface area contributed by atoms with Crippen molar-refractivity contribution in [3.8, 4) is 0 Å². The third-order valence-electron chi connectivity index (χ3n) is 3.75. The van der Waals surface area contributed by atoms with Gasteiger partial charge < -0.3 is 10.1 Å². The first-order valence-corrected chi connectivity index (χ1v) is 8.21. The fourth-order valence-corrected chi connectivity index (χ4v) is 2.65. The van der Waals surface area contributed by atoms with Crippen molar-refractivity contribution >= 4 is 45.6 Å². The van der Waals surface area contributed by atoms with Crippen molar-refractivity contribution in [3.63, 3.8) is 0 Å². The Bertz CT molecular complexity index is 1050. The molecule has 0 bridgehead atoms. The number of nitro groups is 1. The molecule has 0 aliphatic heterocycles. The predicted molar refractivity (Wildman–Crippen MR) is 101 cm³/mol. The van der Waals surface area contributed by atoms with Crippen molar-refractivity contribution in [2.45, 2.75) is 0 Å². The van der Waals surface area contributed by atoms with Crippen LogP contribution in [0.5, 0.6) is 0 Å². The van der Waals surface area contributed by atoms with E-state index in [0.717, 1.165) is 16.8 Å². The minimum Gasteiger partial charge on any atom is -0.452 e. The predicted octanol–water partition coefficient (Wildman–Crippen LogP) is 4.20. The molecule has 27 heavy (non-hydrogen) atoms. The van der Waals surface area contributed by atoms with Gasteiger partial charge in [-0.2, -0.15) is 0 Å². The van der Waals surface area contributed by atoms with Crippen molar-refractivity contribution < 1.29 is 19.2 Å². The molecule has 3 rings (SSSR count). The number of carbonyl (C=O) groups is 2. The SMILES string of the molecule is O=C(COC(=O)c1cc([N+](=O)[O-])ccc1Cl)Nc1ccc2ccccc2c1. The van der Waals surface area contributed by atoms with E-state index in [1.807, 2.05) is 30.3 Å². The van der Waals surface area contributed by atoms with E-state index in [4.69, 9.17) is 16.3 Å². The third kappa shape index (κ3) is 4.39. The van der Waals surface area contributed by atoms with Crippen LogP contribution in [0, 0.1) is 10.1 Å². The van der Waals surface area contributed by atoms with Crippen LogP contribution >= 0.6 is 11.6 Å². The fraction of sp³-hybridized carbons (Fsp3) is 0.0526. The first kappa shape index (κ1) is 18.3. The van der Waals surface area contributed by atoms with Gasteiger partial charge in [0.15, 0.2) is 6.61 Å². The van der Waals surface area contributed by atoms with Gasteiger partial charge in [-0.3, -0.25) is 14.9 Å². The standard InChI is InChI=1S/C19H13ClN2O5/c20-17-8-7-15(22(25)26)10-16(17)19(24)27-11-18(23)21-14-6-5-12-3-1-2-4-13(12)9-14/h1-10H,11H2,(H,21,23). The number of esters is 1. The number of rotatable bonds is 5. The van der Waals surface area contributed by atoms with Crippen LogP contribution in [0.15, 0.2) is 60.7 Å². The molecule has 0 heterocycles. The Morgan fingerprint density at radius 1 is 1.04 bits per heavy atom. The number of ether oxygens (including phenoxy) is 1. The summed E-state index contributed by atoms with van der Waals surface area (Å²) < 4.78 is 4.91. The van der Waals surface area contributed by atoms with Crippen LogP contribution in [-0.4, -0.2) is 23.4 Å². The number of fused-ring (bicyclic) bond motifs is 1. The lowest BCUT2D eigenvalue weighted by atomic mass is 10.1. The van der Waals surface area contributed by atoms with Crippen molar-refractivity contribution in [2.75, 3.05) is 11.9 Å². The van der Waals surface area contributed by atoms with Crippen LogP contribution in [0.1, 0.15) is 10.4 Å². The summed E-state index contributed by atoms with van der Waals surface area (Å²) in [6.07, 6.45) is 0. The van der Waals surface area contributed by atoms with Gasteiger partial charge in [0, 0.05) is 17.8 Å². The number of carbonyl (C=O) groups excluding carboxylic acids is 2. The van der Waals surface area contributed by atoms with E-state index in [2.05, 4.69) is 5.32 Å². The zero-order valence-corrected chi connectivity index (χ0v) is 14.6. The molecule has 0 radical (unpaired) electrons. The molecule has 1 amide bonds. The van der Waals surface area contributed by atoms with Gasteiger partial charge in [0.05, 0.1) is 15.5 Å². The molecule has 0 aliphatic rings. The summed E-state index contributed by atoms with van der Waals surface area (Å²) in [6, 6.07) is 16.5. The number of nitrogens with one attached hydrogen (secondary N) is 1. The van der Waals surface area contributed by atoms with Gasteiger partial charge in [0.25, 0.3) is 11.6 Å². The molecule has 8 heteroatoms. The Balaban J connectivity index is 1.63. The summed E-state index contributed by atoms with van der Waals surface area (Å²) in [5.74, 6) is -1.46. The quantitative estimate of drug-likeness (QED) is 0.404. The van der Waals surface area contributed by atoms with Crippen LogP contribution in [-0.2, 0) is 9.53 Å². The topological polar surface area (TPSA) is 98.5 Å². The number of nitro benzene ring substituents is 1. The van der Waals surface area contributed by atoms with Crippen molar-refractivity contribution in [2.24, 2.45) is 0 Å². The Morgan fingerprint density at radius 3 is 2.52 bits per heavy atom. The lowest BCUT2D eigenvalue weighted by Crippen LogP contribution is -2.21. The zero-order chi connectivity index (χ0) is 19.4. The van der Waals surface area contributed by atoms with Gasteiger partial charge in [0.1, 0.15) is 0 Å². The summed E-state index contributed by atoms with van der Waals surface area (Å²) in [5.41, 5.74) is 0.0828. The van der Waals surface area contributed by atoms with E-state index in [1.54, 1.807) is 12.1 Å². The van der Waals surface area contributed by atoms with Crippen LogP contribution in [0.25, 0.3) is 10.8 Å². The molecule has 0 saturated carbocycles. The summed E-state index contributed by atoms with van der Waals surface area (Å²) in [4.78, 5) is 34.2. The van der Waals surface area contributed by atoms with Crippen molar-refractivity contribution in [3.05, 3.63) is 81.4 Å². The Kier molecular flexibility index (Phi) is 5.33. The zero-order valence-electron chi connectivity index (χ0n) is 13.8. The molecular formula is C19H13ClN2O5. The molecular weight excluding hydrogens is 372 g/mol. The first-order chi connectivity index (χ1) is 12.9. The molecule has 3 aromatic rings. The maximum Gasteiger partial charge on any atom is 0.340 e.